The lowest BCUT2D eigenvalue weighted by Crippen LogP contribution is -2.40. The third-order valence-corrected chi connectivity index (χ3v) is 6.90. The number of rotatable bonds is 5. The van der Waals surface area contributed by atoms with E-state index in [9.17, 15) is 13.2 Å². The molecule has 2 aromatic carbocycles. The second-order valence-corrected chi connectivity index (χ2v) is 9.10. The molecule has 0 aliphatic carbocycles. The molecule has 7 heteroatoms. The first-order chi connectivity index (χ1) is 13.3. The summed E-state index contributed by atoms with van der Waals surface area (Å²) in [6.07, 6.45) is 1.78. The van der Waals surface area contributed by atoms with Gasteiger partial charge in [0.2, 0.25) is 15.9 Å². The smallest absolute Gasteiger partial charge is 0.243 e. The number of likely N-dealkylation sites (tertiary alicyclic amines) is 1. The van der Waals surface area contributed by atoms with E-state index in [1.807, 2.05) is 37.3 Å². The number of carbonyl (C=O) groups is 1. The quantitative estimate of drug-likeness (QED) is 0.777. The van der Waals surface area contributed by atoms with Gasteiger partial charge in [-0.3, -0.25) is 4.79 Å². The molecule has 1 aliphatic heterocycles. The number of hydrogen-bond donors (Lipinski definition) is 0. The van der Waals surface area contributed by atoms with E-state index in [1.165, 1.54) is 31.3 Å². The van der Waals surface area contributed by atoms with Crippen LogP contribution in [0.4, 0.5) is 0 Å². The fraction of sp³-hybridized carbons (Fsp3) is 0.333. The minimum Gasteiger partial charge on any atom is -0.335 e. The van der Waals surface area contributed by atoms with Crippen LogP contribution in [0.25, 0.3) is 0 Å². The Morgan fingerprint density at radius 3 is 2.43 bits per heavy atom. The molecule has 2 aromatic rings. The molecule has 28 heavy (non-hydrogen) atoms. The molecule has 1 atom stereocenters. The predicted molar refractivity (Wildman–Crippen MR) is 106 cm³/mol. The van der Waals surface area contributed by atoms with Crippen LogP contribution in [-0.4, -0.2) is 43.7 Å². The van der Waals surface area contributed by atoms with Crippen LogP contribution < -0.4 is 0 Å². The van der Waals surface area contributed by atoms with Crippen LogP contribution in [0.3, 0.4) is 0 Å². The highest BCUT2D eigenvalue weighted by Crippen LogP contribution is 2.32. The van der Waals surface area contributed by atoms with E-state index in [0.717, 1.165) is 28.3 Å². The van der Waals surface area contributed by atoms with E-state index >= 15 is 0 Å². The van der Waals surface area contributed by atoms with Crippen molar-refractivity contribution < 1.29 is 13.2 Å². The van der Waals surface area contributed by atoms with E-state index in [-0.39, 0.29) is 23.4 Å². The van der Waals surface area contributed by atoms with Crippen molar-refractivity contribution in [1.82, 2.24) is 9.21 Å². The van der Waals surface area contributed by atoms with E-state index in [1.54, 1.807) is 4.90 Å². The second-order valence-electron chi connectivity index (χ2n) is 7.05. The summed E-state index contributed by atoms with van der Waals surface area (Å²) in [5.41, 5.74) is 2.62. The van der Waals surface area contributed by atoms with Crippen LogP contribution in [0.15, 0.2) is 53.4 Å². The first kappa shape index (κ1) is 20.1. The van der Waals surface area contributed by atoms with Crippen molar-refractivity contribution in [2.45, 2.75) is 30.7 Å². The molecule has 0 radical (unpaired) electrons. The third-order valence-electron chi connectivity index (χ3n) is 5.08. The summed E-state index contributed by atoms with van der Waals surface area (Å²) in [6.45, 7) is 2.43. The van der Waals surface area contributed by atoms with Gasteiger partial charge in [0, 0.05) is 13.6 Å². The Bertz CT molecular complexity index is 993. The van der Waals surface area contributed by atoms with Gasteiger partial charge in [0.05, 0.1) is 29.1 Å². The van der Waals surface area contributed by atoms with Gasteiger partial charge in [0.15, 0.2) is 0 Å². The second kappa shape index (κ2) is 8.13. The number of sulfonamides is 1. The fourth-order valence-corrected chi connectivity index (χ4v) is 4.57. The van der Waals surface area contributed by atoms with Crippen LogP contribution in [0.5, 0.6) is 0 Å². The number of nitrogens with zero attached hydrogens (tertiary/aromatic N) is 3. The Balaban J connectivity index is 1.73. The minimum absolute atomic E-state index is 0.0147. The van der Waals surface area contributed by atoms with Crippen LogP contribution >= 0.6 is 0 Å². The van der Waals surface area contributed by atoms with E-state index in [2.05, 4.69) is 0 Å². The van der Waals surface area contributed by atoms with Crippen LogP contribution in [-0.2, 0) is 14.8 Å². The van der Waals surface area contributed by atoms with Gasteiger partial charge >= 0.3 is 0 Å². The Kier molecular flexibility index (Phi) is 5.82. The lowest BCUT2D eigenvalue weighted by molar-refractivity contribution is -0.132. The summed E-state index contributed by atoms with van der Waals surface area (Å²) in [5.74, 6) is -0.206. The fourth-order valence-electron chi connectivity index (χ4n) is 3.45. The maximum atomic E-state index is 12.9. The van der Waals surface area contributed by atoms with Gasteiger partial charge in [-0.2, -0.15) is 9.57 Å². The minimum atomic E-state index is -3.80. The molecule has 0 spiro atoms. The molecule has 3 rings (SSSR count). The van der Waals surface area contributed by atoms with E-state index in [4.69, 9.17) is 5.26 Å². The molecular formula is C21H23N3O3S. The highest BCUT2D eigenvalue weighted by molar-refractivity contribution is 7.89. The van der Waals surface area contributed by atoms with Gasteiger partial charge in [0.1, 0.15) is 0 Å². The van der Waals surface area contributed by atoms with Gasteiger partial charge in [0.25, 0.3) is 0 Å². The summed E-state index contributed by atoms with van der Waals surface area (Å²) in [4.78, 5) is 14.7. The van der Waals surface area contributed by atoms with Crippen LogP contribution in [0, 0.1) is 18.3 Å². The van der Waals surface area contributed by atoms with Crippen molar-refractivity contribution in [3.05, 3.63) is 65.2 Å². The molecule has 1 aliphatic rings. The topological polar surface area (TPSA) is 81.5 Å². The van der Waals surface area contributed by atoms with Crippen molar-refractivity contribution in [1.29, 1.82) is 5.26 Å². The van der Waals surface area contributed by atoms with Gasteiger partial charge in [-0.25, -0.2) is 8.42 Å². The average molecular weight is 398 g/mol. The van der Waals surface area contributed by atoms with E-state index < -0.39 is 10.0 Å². The zero-order chi connectivity index (χ0) is 20.3. The third kappa shape index (κ3) is 4.08. The average Bonchev–Trinajstić information content (AvgIpc) is 3.18. The SMILES string of the molecule is Cc1ccc([C@H]2CCCN2C(=O)CN(C)S(=O)(=O)c2ccc(C#N)cc2)cc1. The molecule has 0 N–H and O–H groups in total. The highest BCUT2D eigenvalue weighted by atomic mass is 32.2. The van der Waals surface area contributed by atoms with Crippen molar-refractivity contribution in [3.63, 3.8) is 0 Å². The molecule has 0 aromatic heterocycles. The molecule has 1 saturated heterocycles. The standard InChI is InChI=1S/C21H23N3O3S/c1-16-5-9-18(10-6-16)20-4-3-13-24(20)21(25)15-23(2)28(26,27)19-11-7-17(14-22)8-12-19/h5-12,20H,3-4,13,15H2,1-2H3/t20-/m1/s1. The summed E-state index contributed by atoms with van der Waals surface area (Å²) in [7, 11) is -2.39. The zero-order valence-corrected chi connectivity index (χ0v) is 16.8. The Hall–Kier alpha value is -2.69. The number of amides is 1. The van der Waals surface area contributed by atoms with Crippen LogP contribution in [0.1, 0.15) is 35.6 Å². The number of likely N-dealkylation sites (N-methyl/N-ethyl adjacent to an activating group) is 1. The van der Waals surface area contributed by atoms with Gasteiger partial charge in [-0.15, -0.1) is 0 Å². The number of benzene rings is 2. The van der Waals surface area contributed by atoms with Crippen molar-refractivity contribution in [2.24, 2.45) is 0 Å². The Morgan fingerprint density at radius 1 is 1.18 bits per heavy atom. The van der Waals surface area contributed by atoms with E-state index in [0.29, 0.717) is 12.1 Å². The Morgan fingerprint density at radius 2 is 1.82 bits per heavy atom. The van der Waals surface area contributed by atoms with Crippen molar-refractivity contribution in [3.8, 4) is 6.07 Å². The first-order valence-electron chi connectivity index (χ1n) is 9.15. The lowest BCUT2D eigenvalue weighted by Gasteiger charge is -2.27. The molecule has 146 valence electrons. The summed E-state index contributed by atoms with van der Waals surface area (Å²) in [6, 6.07) is 15.7. The first-order valence-corrected chi connectivity index (χ1v) is 10.6. The van der Waals surface area contributed by atoms with Gasteiger partial charge in [-0.05, 0) is 49.6 Å². The molecular weight excluding hydrogens is 374 g/mol. The predicted octanol–water partition coefficient (Wildman–Crippen LogP) is 2.85. The summed E-state index contributed by atoms with van der Waals surface area (Å²) in [5, 5.41) is 8.85. The largest absolute Gasteiger partial charge is 0.335 e. The van der Waals surface area contributed by atoms with Gasteiger partial charge in [-0.1, -0.05) is 29.8 Å². The molecule has 0 saturated carbocycles. The highest BCUT2D eigenvalue weighted by Gasteiger charge is 2.32. The monoisotopic (exact) mass is 397 g/mol. The molecule has 1 heterocycles. The number of carbonyl (C=O) groups excluding carboxylic acids is 1. The number of hydrogen-bond acceptors (Lipinski definition) is 4. The molecule has 1 fully saturated rings. The molecule has 1 amide bonds. The van der Waals surface area contributed by atoms with Gasteiger partial charge < -0.3 is 4.90 Å². The normalized spacial score (nSPS) is 16.9. The number of nitriles is 1. The molecule has 6 nitrogen and oxygen atoms in total. The maximum absolute atomic E-state index is 12.9. The Labute approximate surface area is 166 Å². The van der Waals surface area contributed by atoms with Crippen molar-refractivity contribution in [2.75, 3.05) is 20.1 Å². The zero-order valence-electron chi connectivity index (χ0n) is 16.0. The maximum Gasteiger partial charge on any atom is 0.243 e. The summed E-state index contributed by atoms with van der Waals surface area (Å²) < 4.78 is 26.6. The van der Waals surface area contributed by atoms with Crippen LogP contribution in [0.2, 0.25) is 0 Å². The summed E-state index contributed by atoms with van der Waals surface area (Å²) >= 11 is 0. The molecule has 0 bridgehead atoms. The van der Waals surface area contributed by atoms with Crippen molar-refractivity contribution >= 4 is 15.9 Å². The molecule has 0 unspecified atom stereocenters. The number of aryl methyl sites for hydroxylation is 1. The lowest BCUT2D eigenvalue weighted by atomic mass is 10.0.